The van der Waals surface area contributed by atoms with Crippen molar-refractivity contribution in [3.8, 4) is 0 Å². The van der Waals surface area contributed by atoms with E-state index in [4.69, 9.17) is 4.74 Å². The summed E-state index contributed by atoms with van der Waals surface area (Å²) in [5.74, 6) is 2.73. The molecule has 8 atom stereocenters. The predicted molar refractivity (Wildman–Crippen MR) is 99.7 cm³/mol. The molecule has 0 spiro atoms. The highest BCUT2D eigenvalue weighted by atomic mass is 16.5. The Labute approximate surface area is 157 Å². The Kier molecular flexibility index (Phi) is 4.88. The summed E-state index contributed by atoms with van der Waals surface area (Å²) in [6, 6.07) is 0. The molecule has 0 unspecified atom stereocenters. The van der Waals surface area contributed by atoms with Gasteiger partial charge >= 0.3 is 5.97 Å². The molecule has 0 amide bonds. The van der Waals surface area contributed by atoms with Crippen molar-refractivity contribution in [3.63, 3.8) is 0 Å². The maximum atomic E-state index is 11.9. The lowest BCUT2D eigenvalue weighted by Gasteiger charge is -2.60. The van der Waals surface area contributed by atoms with Gasteiger partial charge in [-0.05, 0) is 92.8 Å². The number of fused-ring (bicyclic) bond motifs is 5. The minimum atomic E-state index is -0.620. The summed E-state index contributed by atoms with van der Waals surface area (Å²) in [5.41, 5.74) is -0.616. The molecule has 0 aromatic carbocycles. The standard InChI is InChI=1S/C22H36O4/c1-21-10-8-16-15-9-11-22(25,13-26-2)12-14(15)6-7-17(16)18(21)4-3-5-19(21)20(23)24/h14-19,25H,3-13H2,1-2H3,(H,23,24)/t14-,15+,16-,17-,18+,19-,21+,22-/m1/s1. The van der Waals surface area contributed by atoms with Crippen LogP contribution in [0.3, 0.4) is 0 Å². The molecule has 4 aliphatic rings. The molecule has 0 radical (unpaired) electrons. The molecule has 0 saturated heterocycles. The van der Waals surface area contributed by atoms with Crippen LogP contribution in [0.1, 0.15) is 71.1 Å². The molecule has 0 aliphatic heterocycles. The van der Waals surface area contributed by atoms with Gasteiger partial charge in [-0.2, -0.15) is 0 Å². The van der Waals surface area contributed by atoms with Gasteiger partial charge < -0.3 is 14.9 Å². The van der Waals surface area contributed by atoms with Crippen LogP contribution in [0, 0.1) is 40.9 Å². The zero-order valence-corrected chi connectivity index (χ0v) is 16.5. The summed E-state index contributed by atoms with van der Waals surface area (Å²) in [6.07, 6.45) is 10.8. The van der Waals surface area contributed by atoms with Gasteiger partial charge in [-0.15, -0.1) is 0 Å². The van der Waals surface area contributed by atoms with Crippen LogP contribution in [-0.2, 0) is 9.53 Å². The summed E-state index contributed by atoms with van der Waals surface area (Å²) in [4.78, 5) is 11.9. The van der Waals surface area contributed by atoms with Gasteiger partial charge in [0.05, 0.1) is 18.1 Å². The fourth-order valence-corrected chi connectivity index (χ4v) is 7.96. The van der Waals surface area contributed by atoms with Gasteiger partial charge in [0, 0.05) is 7.11 Å². The fourth-order valence-electron chi connectivity index (χ4n) is 7.96. The average molecular weight is 365 g/mol. The molecule has 2 N–H and O–H groups in total. The second kappa shape index (κ2) is 6.77. The Balaban J connectivity index is 1.52. The first-order valence-electron chi connectivity index (χ1n) is 10.8. The molecular formula is C22H36O4. The van der Waals surface area contributed by atoms with Crippen molar-refractivity contribution >= 4 is 5.97 Å². The lowest BCUT2D eigenvalue weighted by atomic mass is 9.45. The highest BCUT2D eigenvalue weighted by Gasteiger charge is 2.57. The number of carbonyl (C=O) groups is 1. The van der Waals surface area contributed by atoms with Crippen LogP contribution in [-0.4, -0.2) is 35.5 Å². The van der Waals surface area contributed by atoms with E-state index in [0.717, 1.165) is 50.4 Å². The predicted octanol–water partition coefficient (Wildman–Crippen LogP) is 4.11. The van der Waals surface area contributed by atoms with Crippen LogP contribution in [0.2, 0.25) is 0 Å². The molecule has 4 rings (SSSR count). The zero-order chi connectivity index (χ0) is 18.5. The van der Waals surface area contributed by atoms with E-state index < -0.39 is 11.6 Å². The Morgan fingerprint density at radius 3 is 2.54 bits per heavy atom. The zero-order valence-electron chi connectivity index (χ0n) is 16.5. The molecule has 4 nitrogen and oxygen atoms in total. The maximum Gasteiger partial charge on any atom is 0.307 e. The number of aliphatic hydroxyl groups is 1. The molecule has 4 saturated carbocycles. The smallest absolute Gasteiger partial charge is 0.307 e. The van der Waals surface area contributed by atoms with Crippen molar-refractivity contribution in [1.82, 2.24) is 0 Å². The van der Waals surface area contributed by atoms with Crippen molar-refractivity contribution in [2.24, 2.45) is 40.9 Å². The molecule has 0 aromatic heterocycles. The van der Waals surface area contributed by atoms with E-state index >= 15 is 0 Å². The molecule has 0 aromatic rings. The first-order chi connectivity index (χ1) is 12.4. The second-order valence-corrected chi connectivity index (χ2v) is 10.2. The van der Waals surface area contributed by atoms with Crippen molar-refractivity contribution in [1.29, 1.82) is 0 Å². The highest BCUT2D eigenvalue weighted by molar-refractivity contribution is 5.71. The number of aliphatic carboxylic acids is 1. The molecule has 4 fully saturated rings. The Bertz CT molecular complexity index is 548. The number of methoxy groups -OCH3 is 1. The first kappa shape index (κ1) is 18.7. The normalized spacial score (nSPS) is 51.0. The summed E-state index contributed by atoms with van der Waals surface area (Å²) in [5, 5.41) is 20.6. The quantitative estimate of drug-likeness (QED) is 0.791. The van der Waals surface area contributed by atoms with Crippen LogP contribution in [0.5, 0.6) is 0 Å². The Hall–Kier alpha value is -0.610. The Morgan fingerprint density at radius 1 is 1.04 bits per heavy atom. The third-order valence-corrected chi connectivity index (χ3v) is 9.06. The van der Waals surface area contributed by atoms with Crippen molar-refractivity contribution < 1.29 is 19.7 Å². The van der Waals surface area contributed by atoms with Crippen LogP contribution in [0.4, 0.5) is 0 Å². The molecular weight excluding hydrogens is 328 g/mol. The van der Waals surface area contributed by atoms with Gasteiger partial charge in [0.1, 0.15) is 0 Å². The van der Waals surface area contributed by atoms with Crippen molar-refractivity contribution in [2.75, 3.05) is 13.7 Å². The van der Waals surface area contributed by atoms with E-state index in [2.05, 4.69) is 6.92 Å². The van der Waals surface area contributed by atoms with Crippen LogP contribution in [0.25, 0.3) is 0 Å². The average Bonchev–Trinajstić information content (AvgIpc) is 2.59. The molecule has 148 valence electrons. The third kappa shape index (κ3) is 2.92. The van der Waals surface area contributed by atoms with Gasteiger partial charge in [0.2, 0.25) is 0 Å². The second-order valence-electron chi connectivity index (χ2n) is 10.2. The fraction of sp³-hybridized carbons (Fsp3) is 0.955. The summed E-state index contributed by atoms with van der Waals surface area (Å²) in [6.45, 7) is 2.75. The number of hydrogen-bond acceptors (Lipinski definition) is 3. The molecule has 0 heterocycles. The van der Waals surface area contributed by atoms with E-state index in [0.29, 0.717) is 24.4 Å². The molecule has 4 heteroatoms. The lowest BCUT2D eigenvalue weighted by molar-refractivity contribution is -0.165. The van der Waals surface area contributed by atoms with E-state index in [-0.39, 0.29) is 11.3 Å². The van der Waals surface area contributed by atoms with E-state index in [9.17, 15) is 15.0 Å². The van der Waals surface area contributed by atoms with Gasteiger partial charge in [-0.25, -0.2) is 0 Å². The SMILES string of the molecule is COC[C@@]1(O)CC[C@H]2[C@H](CC[C@@H]3[C@@H]2CC[C@]2(C)[C@@H](C(=O)O)CCC[C@@H]32)C1. The van der Waals surface area contributed by atoms with E-state index in [1.165, 1.54) is 25.7 Å². The monoisotopic (exact) mass is 364 g/mol. The lowest BCUT2D eigenvalue weighted by Crippen LogP contribution is -2.55. The Morgan fingerprint density at radius 2 is 1.81 bits per heavy atom. The van der Waals surface area contributed by atoms with Crippen molar-refractivity contribution in [3.05, 3.63) is 0 Å². The van der Waals surface area contributed by atoms with Gasteiger partial charge in [0.25, 0.3) is 0 Å². The van der Waals surface area contributed by atoms with Crippen LogP contribution < -0.4 is 0 Å². The van der Waals surface area contributed by atoms with Crippen molar-refractivity contribution in [2.45, 2.75) is 76.7 Å². The minimum Gasteiger partial charge on any atom is -0.481 e. The number of hydrogen-bond donors (Lipinski definition) is 2. The largest absolute Gasteiger partial charge is 0.481 e. The number of carboxylic acid groups (broad SMARTS) is 1. The maximum absolute atomic E-state index is 11.9. The van der Waals surface area contributed by atoms with E-state index in [1.807, 2.05) is 0 Å². The number of rotatable bonds is 3. The minimum absolute atomic E-state index is 0.00351. The third-order valence-electron chi connectivity index (χ3n) is 9.06. The molecule has 26 heavy (non-hydrogen) atoms. The van der Waals surface area contributed by atoms with Gasteiger partial charge in [0.15, 0.2) is 0 Å². The summed E-state index contributed by atoms with van der Waals surface area (Å²) >= 11 is 0. The summed E-state index contributed by atoms with van der Waals surface area (Å²) < 4.78 is 5.28. The van der Waals surface area contributed by atoms with Gasteiger partial charge in [-0.3, -0.25) is 4.79 Å². The molecule has 0 bridgehead atoms. The van der Waals surface area contributed by atoms with Gasteiger partial charge in [-0.1, -0.05) is 13.3 Å². The van der Waals surface area contributed by atoms with Crippen LogP contribution >= 0.6 is 0 Å². The summed E-state index contributed by atoms with van der Waals surface area (Å²) in [7, 11) is 1.69. The van der Waals surface area contributed by atoms with E-state index in [1.54, 1.807) is 7.11 Å². The number of ether oxygens (including phenoxy) is 1. The van der Waals surface area contributed by atoms with Crippen LogP contribution in [0.15, 0.2) is 0 Å². The number of carboxylic acids is 1. The highest BCUT2D eigenvalue weighted by Crippen LogP contribution is 2.63. The topological polar surface area (TPSA) is 66.8 Å². The molecule has 4 aliphatic carbocycles. The first-order valence-corrected chi connectivity index (χ1v) is 10.8.